The third kappa shape index (κ3) is 4.36. The van der Waals surface area contributed by atoms with Crippen LogP contribution in [0, 0.1) is 0 Å². The Labute approximate surface area is 147 Å². The van der Waals surface area contributed by atoms with Gasteiger partial charge < -0.3 is 10.1 Å². The second kappa shape index (κ2) is 7.79. The van der Waals surface area contributed by atoms with Gasteiger partial charge in [-0.3, -0.25) is 15.6 Å². The first-order chi connectivity index (χ1) is 12.0. The van der Waals surface area contributed by atoms with Crippen LogP contribution in [0.25, 0.3) is 0 Å². The highest BCUT2D eigenvalue weighted by Crippen LogP contribution is 2.17. The number of amides is 1. The molecule has 2 unspecified atom stereocenters. The van der Waals surface area contributed by atoms with E-state index in [1.54, 1.807) is 19.2 Å². The molecule has 2 saturated heterocycles. The third-order valence-corrected chi connectivity index (χ3v) is 6.33. The van der Waals surface area contributed by atoms with Crippen LogP contribution in [0.5, 0.6) is 0 Å². The van der Waals surface area contributed by atoms with Gasteiger partial charge in [0.1, 0.15) is 0 Å². The van der Waals surface area contributed by atoms with Crippen LogP contribution in [-0.2, 0) is 14.8 Å². The van der Waals surface area contributed by atoms with Crippen molar-refractivity contribution < 1.29 is 17.9 Å². The van der Waals surface area contributed by atoms with Crippen LogP contribution in [0.15, 0.2) is 29.2 Å². The smallest absolute Gasteiger partial charge is 0.251 e. The van der Waals surface area contributed by atoms with Gasteiger partial charge >= 0.3 is 0 Å². The Morgan fingerprint density at radius 1 is 1.32 bits per heavy atom. The molecule has 2 heterocycles. The largest absolute Gasteiger partial charge is 0.379 e. The Morgan fingerprint density at radius 3 is 2.68 bits per heavy atom. The van der Waals surface area contributed by atoms with Gasteiger partial charge in [-0.05, 0) is 37.1 Å². The Kier molecular flexibility index (Phi) is 5.70. The molecule has 25 heavy (non-hydrogen) atoms. The summed E-state index contributed by atoms with van der Waals surface area (Å²) in [4.78, 5) is 12.4. The molecule has 2 fully saturated rings. The molecule has 1 amide bonds. The van der Waals surface area contributed by atoms with Crippen molar-refractivity contribution in [2.75, 3.05) is 33.4 Å². The van der Waals surface area contributed by atoms with Crippen molar-refractivity contribution >= 4 is 15.9 Å². The average molecular weight is 368 g/mol. The van der Waals surface area contributed by atoms with E-state index in [0.29, 0.717) is 25.3 Å². The molecule has 1 aromatic carbocycles. The van der Waals surface area contributed by atoms with Crippen molar-refractivity contribution in [3.63, 3.8) is 0 Å². The molecule has 0 saturated carbocycles. The molecule has 2 aliphatic heterocycles. The lowest BCUT2D eigenvalue weighted by Crippen LogP contribution is -2.41. The first kappa shape index (κ1) is 18.3. The molecule has 1 aromatic rings. The van der Waals surface area contributed by atoms with Gasteiger partial charge in [-0.25, -0.2) is 8.42 Å². The molecule has 8 nitrogen and oxygen atoms in total. The van der Waals surface area contributed by atoms with E-state index in [1.807, 2.05) is 0 Å². The summed E-state index contributed by atoms with van der Waals surface area (Å²) in [7, 11) is -2.01. The summed E-state index contributed by atoms with van der Waals surface area (Å²) < 4.78 is 31.8. The summed E-state index contributed by atoms with van der Waals surface area (Å²) in [6, 6.07) is 6.16. The molecule has 0 aromatic heterocycles. The van der Waals surface area contributed by atoms with Crippen LogP contribution in [0.1, 0.15) is 23.2 Å². The zero-order chi connectivity index (χ0) is 17.9. The number of nitrogens with one attached hydrogen (secondary N) is 3. The molecule has 3 rings (SSSR count). The second-order valence-corrected chi connectivity index (χ2v) is 8.45. The van der Waals surface area contributed by atoms with Gasteiger partial charge in [-0.2, -0.15) is 4.31 Å². The van der Waals surface area contributed by atoms with Crippen LogP contribution in [0.2, 0.25) is 0 Å². The minimum Gasteiger partial charge on any atom is -0.379 e. The minimum atomic E-state index is -3.58. The number of hydrogen-bond acceptors (Lipinski definition) is 6. The lowest BCUT2D eigenvalue weighted by atomic mass is 10.2. The fourth-order valence-electron chi connectivity index (χ4n) is 2.96. The number of likely N-dealkylation sites (N-methyl/N-ethyl adjacent to an activating group) is 1. The maximum atomic E-state index is 12.6. The highest BCUT2D eigenvalue weighted by molar-refractivity contribution is 7.89. The van der Waals surface area contributed by atoms with Crippen molar-refractivity contribution in [2.45, 2.75) is 29.8 Å². The number of ether oxygens (including phenoxy) is 1. The Bertz CT molecular complexity index is 695. The van der Waals surface area contributed by atoms with E-state index in [2.05, 4.69) is 16.2 Å². The van der Waals surface area contributed by atoms with E-state index in [0.717, 1.165) is 19.4 Å². The van der Waals surface area contributed by atoms with Gasteiger partial charge in [-0.1, -0.05) is 0 Å². The molecule has 0 radical (unpaired) electrons. The molecule has 0 bridgehead atoms. The Morgan fingerprint density at radius 2 is 2.08 bits per heavy atom. The van der Waals surface area contributed by atoms with Crippen LogP contribution in [0.4, 0.5) is 0 Å². The predicted octanol–water partition coefficient (Wildman–Crippen LogP) is -0.308. The number of benzene rings is 1. The van der Waals surface area contributed by atoms with E-state index in [4.69, 9.17) is 4.74 Å². The molecule has 2 aliphatic rings. The van der Waals surface area contributed by atoms with Crippen LogP contribution < -0.4 is 16.2 Å². The minimum absolute atomic E-state index is 0.0227. The monoisotopic (exact) mass is 368 g/mol. The maximum Gasteiger partial charge on any atom is 0.251 e. The fraction of sp³-hybridized carbons (Fsp3) is 0.562. The standard InChI is InChI=1S/C16H24N4O4S/c1-20(10-13-6-8-17-19-13)25(22,23)15-4-2-12(3-5-15)16(21)18-14-7-9-24-11-14/h2-5,13-14,17,19H,6-11H2,1H3,(H,18,21). The van der Waals surface area contributed by atoms with Crippen LogP contribution in [-0.4, -0.2) is 64.1 Å². The molecular formula is C16H24N4O4S. The van der Waals surface area contributed by atoms with E-state index < -0.39 is 10.0 Å². The molecule has 3 N–H and O–H groups in total. The number of rotatable bonds is 6. The van der Waals surface area contributed by atoms with Crippen molar-refractivity contribution in [1.29, 1.82) is 0 Å². The highest BCUT2D eigenvalue weighted by Gasteiger charge is 2.25. The molecule has 9 heteroatoms. The maximum absolute atomic E-state index is 12.6. The Hall–Kier alpha value is -1.52. The summed E-state index contributed by atoms with van der Waals surface area (Å²) in [6.07, 6.45) is 1.68. The Balaban J connectivity index is 1.64. The summed E-state index contributed by atoms with van der Waals surface area (Å²) in [5.74, 6) is -0.214. The van der Waals surface area contributed by atoms with Crippen molar-refractivity contribution in [2.24, 2.45) is 0 Å². The molecule has 138 valence electrons. The number of sulfonamides is 1. The van der Waals surface area contributed by atoms with E-state index in [9.17, 15) is 13.2 Å². The number of carbonyl (C=O) groups is 1. The van der Waals surface area contributed by atoms with Crippen molar-refractivity contribution in [3.05, 3.63) is 29.8 Å². The van der Waals surface area contributed by atoms with E-state index in [-0.39, 0.29) is 22.9 Å². The average Bonchev–Trinajstić information content (AvgIpc) is 3.29. The van der Waals surface area contributed by atoms with E-state index in [1.165, 1.54) is 16.4 Å². The topological polar surface area (TPSA) is 99.8 Å². The fourth-order valence-corrected chi connectivity index (χ4v) is 4.17. The van der Waals surface area contributed by atoms with Gasteiger partial charge in [-0.15, -0.1) is 0 Å². The molecule has 0 spiro atoms. The number of hydrogen-bond donors (Lipinski definition) is 3. The quantitative estimate of drug-likeness (QED) is 0.637. The number of carbonyl (C=O) groups excluding carboxylic acids is 1. The molecule has 2 atom stereocenters. The lowest BCUT2D eigenvalue weighted by molar-refractivity contribution is 0.0930. The van der Waals surface area contributed by atoms with Gasteiger partial charge in [0.15, 0.2) is 0 Å². The number of hydrazine groups is 1. The predicted molar refractivity (Wildman–Crippen MR) is 92.5 cm³/mol. The summed E-state index contributed by atoms with van der Waals surface area (Å²) in [5, 5.41) is 2.89. The molecule has 0 aliphatic carbocycles. The van der Waals surface area contributed by atoms with Crippen LogP contribution >= 0.6 is 0 Å². The first-order valence-electron chi connectivity index (χ1n) is 8.40. The summed E-state index contributed by atoms with van der Waals surface area (Å²) in [5.41, 5.74) is 6.48. The van der Waals surface area contributed by atoms with Gasteiger partial charge in [0.25, 0.3) is 5.91 Å². The van der Waals surface area contributed by atoms with Gasteiger partial charge in [0.2, 0.25) is 10.0 Å². The second-order valence-electron chi connectivity index (χ2n) is 6.40. The lowest BCUT2D eigenvalue weighted by Gasteiger charge is -2.20. The number of nitrogens with zero attached hydrogens (tertiary/aromatic N) is 1. The van der Waals surface area contributed by atoms with Crippen LogP contribution in [0.3, 0.4) is 0 Å². The summed E-state index contributed by atoms with van der Waals surface area (Å²) >= 11 is 0. The van der Waals surface area contributed by atoms with E-state index >= 15 is 0 Å². The first-order valence-corrected chi connectivity index (χ1v) is 9.84. The molecular weight excluding hydrogens is 344 g/mol. The highest BCUT2D eigenvalue weighted by atomic mass is 32.2. The zero-order valence-electron chi connectivity index (χ0n) is 14.2. The third-order valence-electron chi connectivity index (χ3n) is 4.49. The van der Waals surface area contributed by atoms with Gasteiger partial charge in [0, 0.05) is 38.3 Å². The normalized spacial score (nSPS) is 23.9. The van der Waals surface area contributed by atoms with Crippen molar-refractivity contribution in [3.8, 4) is 0 Å². The van der Waals surface area contributed by atoms with Gasteiger partial charge in [0.05, 0.1) is 17.5 Å². The SMILES string of the molecule is CN(CC1CCNN1)S(=O)(=O)c1ccc(C(=O)NC2CCOC2)cc1. The summed E-state index contributed by atoms with van der Waals surface area (Å²) in [6.45, 7) is 2.39. The zero-order valence-corrected chi connectivity index (χ0v) is 15.0. The van der Waals surface area contributed by atoms with Crippen molar-refractivity contribution in [1.82, 2.24) is 20.5 Å².